The number of nitrogens with two attached hydrogens (primary N) is 1. The molecule has 5 atom stereocenters. The van der Waals surface area contributed by atoms with Crippen LogP contribution in [0.15, 0.2) is 11.5 Å². The summed E-state index contributed by atoms with van der Waals surface area (Å²) in [4.78, 5) is 13.6. The molecule has 0 radical (unpaired) electrons. The van der Waals surface area contributed by atoms with E-state index in [1.165, 1.54) is 11.8 Å². The van der Waals surface area contributed by atoms with Gasteiger partial charge in [-0.1, -0.05) is 11.8 Å². The molecule has 2 N–H and O–H groups in total. The van der Waals surface area contributed by atoms with E-state index in [4.69, 9.17) is 33.8 Å². The Hall–Kier alpha value is -1.27. The summed E-state index contributed by atoms with van der Waals surface area (Å²) in [7, 11) is -3.89. The van der Waals surface area contributed by atoms with Crippen LogP contribution >= 0.6 is 19.6 Å². The Bertz CT molecular complexity index is 1240. The molecule has 1 aliphatic heterocycles. The molecular formula is C24H38N5O6PS. The molecule has 0 amide bonds. The van der Waals surface area contributed by atoms with Crippen LogP contribution in [0.4, 0.5) is 5.82 Å². The van der Waals surface area contributed by atoms with E-state index < -0.39 is 30.2 Å². The van der Waals surface area contributed by atoms with Crippen molar-refractivity contribution in [2.75, 3.05) is 18.6 Å². The van der Waals surface area contributed by atoms with Gasteiger partial charge >= 0.3 is 7.82 Å². The summed E-state index contributed by atoms with van der Waals surface area (Å²) in [5.74, 6) is -0.310. The van der Waals surface area contributed by atoms with E-state index in [9.17, 15) is 4.57 Å². The second-order valence-corrected chi connectivity index (χ2v) is 14.9. The monoisotopic (exact) mass is 555 g/mol. The summed E-state index contributed by atoms with van der Waals surface area (Å²) < 4.78 is 46.5. The second kappa shape index (κ2) is 8.61. The lowest BCUT2D eigenvalue weighted by atomic mass is 10.0. The molecule has 3 heterocycles. The van der Waals surface area contributed by atoms with Crippen LogP contribution in [-0.4, -0.2) is 61.6 Å². The van der Waals surface area contributed by atoms with Crippen molar-refractivity contribution in [3.63, 3.8) is 0 Å². The Morgan fingerprint density at radius 3 is 2.41 bits per heavy atom. The fourth-order valence-corrected chi connectivity index (χ4v) is 7.87. The maximum atomic E-state index is 13.8. The van der Waals surface area contributed by atoms with Gasteiger partial charge in [0, 0.05) is 5.41 Å². The minimum absolute atomic E-state index is 0.115. The van der Waals surface area contributed by atoms with Gasteiger partial charge < -0.3 is 19.8 Å². The highest BCUT2D eigenvalue weighted by Crippen LogP contribution is 2.73. The third kappa shape index (κ3) is 5.06. The lowest BCUT2D eigenvalue weighted by Gasteiger charge is -2.32. The normalized spacial score (nSPS) is 31.1. The smallest absolute Gasteiger partial charge is 0.382 e. The van der Waals surface area contributed by atoms with E-state index in [0.29, 0.717) is 22.1 Å². The molecule has 2 aromatic heterocycles. The van der Waals surface area contributed by atoms with Gasteiger partial charge in [0.15, 0.2) is 22.4 Å². The van der Waals surface area contributed by atoms with Crippen molar-refractivity contribution in [2.24, 2.45) is 11.3 Å². The third-order valence-electron chi connectivity index (χ3n) is 6.82. The predicted octanol–water partition coefficient (Wildman–Crippen LogP) is 4.97. The topological polar surface area (TPSA) is 133 Å². The summed E-state index contributed by atoms with van der Waals surface area (Å²) in [6.07, 6.45) is 3.92. The zero-order chi connectivity index (χ0) is 27.2. The van der Waals surface area contributed by atoms with Gasteiger partial charge in [-0.05, 0) is 74.0 Å². The van der Waals surface area contributed by atoms with Crippen molar-refractivity contribution in [1.29, 1.82) is 0 Å². The van der Waals surface area contributed by atoms with Gasteiger partial charge in [0.2, 0.25) is 0 Å². The summed E-state index contributed by atoms with van der Waals surface area (Å²) in [5.41, 5.74) is 5.55. The van der Waals surface area contributed by atoms with Crippen molar-refractivity contribution in [1.82, 2.24) is 19.5 Å². The number of fused-ring (bicyclic) bond motifs is 4. The molecule has 0 aromatic carbocycles. The molecule has 1 saturated heterocycles. The van der Waals surface area contributed by atoms with Gasteiger partial charge in [-0.2, -0.15) is 0 Å². The van der Waals surface area contributed by atoms with Crippen molar-refractivity contribution in [2.45, 2.75) is 102 Å². The first kappa shape index (κ1) is 27.3. The van der Waals surface area contributed by atoms with Crippen LogP contribution in [0, 0.1) is 11.3 Å². The van der Waals surface area contributed by atoms with Gasteiger partial charge in [-0.3, -0.25) is 13.6 Å². The van der Waals surface area contributed by atoms with Crippen molar-refractivity contribution in [3.05, 3.63) is 6.33 Å². The number of phosphoric acid groups is 1. The summed E-state index contributed by atoms with van der Waals surface area (Å²) in [6.45, 7) is 14.9. The first-order valence-corrected chi connectivity index (χ1v) is 15.2. The molecule has 3 fully saturated rings. The van der Waals surface area contributed by atoms with E-state index in [2.05, 4.69) is 9.97 Å². The van der Waals surface area contributed by atoms with E-state index in [-0.39, 0.29) is 30.8 Å². The second-order valence-electron chi connectivity index (χ2n) is 12.6. The van der Waals surface area contributed by atoms with E-state index in [1.807, 2.05) is 66.2 Å². The highest BCUT2D eigenvalue weighted by molar-refractivity contribution is 7.98. The van der Waals surface area contributed by atoms with Gasteiger partial charge in [-0.25, -0.2) is 19.5 Å². The van der Waals surface area contributed by atoms with Crippen LogP contribution in [0.2, 0.25) is 0 Å². The third-order valence-corrected chi connectivity index (χ3v) is 9.35. The number of imidazole rings is 1. The van der Waals surface area contributed by atoms with E-state index >= 15 is 0 Å². The van der Waals surface area contributed by atoms with Crippen molar-refractivity contribution >= 4 is 36.6 Å². The maximum absolute atomic E-state index is 13.8. The zero-order valence-electron chi connectivity index (χ0n) is 23.0. The molecule has 3 aliphatic rings. The quantitative estimate of drug-likeness (QED) is 0.282. The van der Waals surface area contributed by atoms with Crippen LogP contribution in [0.25, 0.3) is 11.2 Å². The molecule has 2 saturated carbocycles. The maximum Gasteiger partial charge on any atom is 0.475 e. The van der Waals surface area contributed by atoms with Crippen LogP contribution in [0.3, 0.4) is 0 Å². The number of rotatable bonds is 7. The van der Waals surface area contributed by atoms with Crippen molar-refractivity contribution in [3.8, 4) is 0 Å². The highest BCUT2D eigenvalue weighted by atomic mass is 32.2. The number of anilines is 1. The zero-order valence-corrected chi connectivity index (χ0v) is 24.7. The number of hydrogen-bond donors (Lipinski definition) is 1. The lowest BCUT2D eigenvalue weighted by molar-refractivity contribution is -0.163. The number of thioether (sulfide) groups is 1. The largest absolute Gasteiger partial charge is 0.475 e. The Kier molecular flexibility index (Phi) is 6.36. The molecule has 0 unspecified atom stereocenters. The minimum Gasteiger partial charge on any atom is -0.382 e. The van der Waals surface area contributed by atoms with Crippen molar-refractivity contribution < 1.29 is 27.6 Å². The molecule has 11 nitrogen and oxygen atoms in total. The average molecular weight is 556 g/mol. The Balaban J connectivity index is 1.48. The standard InChI is InChI=1S/C24H38N5O6PS/c1-21(2,3)34-36(30,35-22(4,5)6)31-11-24-10-13(24)15(16-17(24)33-23(7,8)32-16)29-12-26-14-18(25)27-20(37-9)28-19(14)29/h12-13,15-17H,10-11H2,1-9H3,(H2,25,27,28)/t13-,15-,16+,17+,24+/m1/s1. The average Bonchev–Trinajstić information content (AvgIpc) is 2.98. The summed E-state index contributed by atoms with van der Waals surface area (Å²) in [5, 5.41) is 0.579. The molecule has 13 heteroatoms. The number of phosphoric ester groups is 1. The van der Waals surface area contributed by atoms with Gasteiger partial charge in [-0.15, -0.1) is 0 Å². The van der Waals surface area contributed by atoms with Crippen LogP contribution < -0.4 is 5.73 Å². The van der Waals surface area contributed by atoms with Crippen LogP contribution in [0.5, 0.6) is 0 Å². The number of hydrogen-bond acceptors (Lipinski definition) is 11. The van der Waals surface area contributed by atoms with Crippen LogP contribution in [0.1, 0.15) is 67.9 Å². The molecule has 2 aliphatic carbocycles. The Morgan fingerprint density at radius 2 is 1.81 bits per heavy atom. The number of aromatic nitrogens is 4. The molecule has 206 valence electrons. The molecule has 37 heavy (non-hydrogen) atoms. The number of ether oxygens (including phenoxy) is 2. The molecular weight excluding hydrogens is 517 g/mol. The van der Waals surface area contributed by atoms with Crippen LogP contribution in [-0.2, 0) is 27.6 Å². The SMILES string of the molecule is CSc1nc(N)c2ncn([C@H]3[C@@H]4OC(C)(C)O[C@@H]4[C@]4(COP(=O)(OC(C)(C)C)OC(C)(C)C)C[C@H]34)c2n1. The lowest BCUT2D eigenvalue weighted by Crippen LogP contribution is -2.34. The van der Waals surface area contributed by atoms with E-state index in [1.54, 1.807) is 6.33 Å². The van der Waals surface area contributed by atoms with Gasteiger partial charge in [0.25, 0.3) is 0 Å². The van der Waals surface area contributed by atoms with E-state index in [0.717, 1.165) is 6.42 Å². The van der Waals surface area contributed by atoms with Gasteiger partial charge in [0.1, 0.15) is 11.6 Å². The van der Waals surface area contributed by atoms with Gasteiger partial charge in [0.05, 0.1) is 36.3 Å². The Morgan fingerprint density at radius 1 is 1.16 bits per heavy atom. The minimum atomic E-state index is -3.89. The first-order valence-electron chi connectivity index (χ1n) is 12.5. The number of nitrogen functional groups attached to an aromatic ring is 1. The predicted molar refractivity (Wildman–Crippen MR) is 140 cm³/mol. The molecule has 0 bridgehead atoms. The Labute approximate surface area is 222 Å². The summed E-state index contributed by atoms with van der Waals surface area (Å²) in [6, 6.07) is -0.115. The molecule has 0 spiro atoms. The fourth-order valence-electron chi connectivity index (χ4n) is 5.62. The number of nitrogens with zero attached hydrogens (tertiary/aromatic N) is 4. The molecule has 5 rings (SSSR count). The first-order chi connectivity index (χ1) is 17.0. The molecule has 2 aromatic rings. The highest BCUT2D eigenvalue weighted by Gasteiger charge is 2.76. The fraction of sp³-hybridized carbons (Fsp3) is 0.792. The summed E-state index contributed by atoms with van der Waals surface area (Å²) >= 11 is 1.42.